The van der Waals surface area contributed by atoms with Gasteiger partial charge in [0.2, 0.25) is 6.41 Å². The quantitative estimate of drug-likeness (QED) is 0.307. The number of aromatic nitrogens is 1. The molecule has 9 heteroatoms. The van der Waals surface area contributed by atoms with Gasteiger partial charge in [-0.2, -0.15) is 0 Å². The number of nitrogens with one attached hydrogen (secondary N) is 1. The van der Waals surface area contributed by atoms with E-state index in [1.807, 2.05) is 43.4 Å². The number of allylic oxidation sites excluding steroid dienone is 4. The van der Waals surface area contributed by atoms with Gasteiger partial charge in [0.15, 0.2) is 11.5 Å². The second-order valence-electron chi connectivity index (χ2n) is 8.74. The maximum atomic E-state index is 13.0. The Labute approximate surface area is 228 Å². The molecule has 1 N–H and O–H groups in total. The number of benzene rings is 1. The monoisotopic (exact) mass is 531 g/mol. The summed E-state index contributed by atoms with van der Waals surface area (Å²) in [7, 11) is 1.58. The highest BCUT2D eigenvalue weighted by atomic mass is 16.5. The number of methoxy groups -OCH3 is 1. The van der Waals surface area contributed by atoms with E-state index >= 15 is 0 Å². The Balaban J connectivity index is 1.73. The fourth-order valence-electron chi connectivity index (χ4n) is 4.11. The maximum Gasteiger partial charge on any atom is 0.270 e. The third-order valence-electron chi connectivity index (χ3n) is 6.23. The van der Waals surface area contributed by atoms with Crippen LogP contribution in [0.1, 0.15) is 63.4 Å². The number of carbonyl (C=O) groups excluding carboxylic acids is 4. The first-order chi connectivity index (χ1) is 18.9. The Hall–Kier alpha value is -4.53. The molecular formula is C30H33N3O6. The summed E-state index contributed by atoms with van der Waals surface area (Å²) in [5.74, 6) is 0.184. The van der Waals surface area contributed by atoms with Gasteiger partial charge < -0.3 is 19.6 Å². The smallest absolute Gasteiger partial charge is 0.270 e. The molecule has 3 amide bonds. The van der Waals surface area contributed by atoms with Crippen molar-refractivity contribution in [1.82, 2.24) is 15.2 Å². The van der Waals surface area contributed by atoms with Crippen LogP contribution >= 0.6 is 0 Å². The van der Waals surface area contributed by atoms with Gasteiger partial charge in [0.25, 0.3) is 11.8 Å². The van der Waals surface area contributed by atoms with E-state index in [-0.39, 0.29) is 37.0 Å². The molecule has 0 fully saturated rings. The van der Waals surface area contributed by atoms with Gasteiger partial charge in [-0.3, -0.25) is 19.3 Å². The van der Waals surface area contributed by atoms with E-state index in [2.05, 4.69) is 10.3 Å². The van der Waals surface area contributed by atoms with E-state index in [9.17, 15) is 19.2 Å². The first-order valence-corrected chi connectivity index (χ1v) is 12.7. The fourth-order valence-corrected chi connectivity index (χ4v) is 4.11. The van der Waals surface area contributed by atoms with Crippen LogP contribution in [-0.2, 0) is 25.6 Å². The lowest BCUT2D eigenvalue weighted by molar-refractivity contribution is -0.116. The summed E-state index contributed by atoms with van der Waals surface area (Å²) in [5.41, 5.74) is 2.68. The lowest BCUT2D eigenvalue weighted by Gasteiger charge is -2.18. The SMILES string of the molecule is CCOC1=CC(c2cccc(C(=O)NCc3cccc(C(=O)N(C=O)CCCC=O)c3C)n2)C=CC=C1OC. The Morgan fingerprint density at radius 3 is 2.64 bits per heavy atom. The van der Waals surface area contributed by atoms with Gasteiger partial charge in [0.1, 0.15) is 12.0 Å². The van der Waals surface area contributed by atoms with E-state index in [1.54, 1.807) is 38.3 Å². The van der Waals surface area contributed by atoms with E-state index in [4.69, 9.17) is 9.47 Å². The topological polar surface area (TPSA) is 115 Å². The number of imide groups is 1. The number of carbonyl (C=O) groups is 4. The predicted octanol–water partition coefficient (Wildman–Crippen LogP) is 4.00. The second-order valence-corrected chi connectivity index (χ2v) is 8.74. The van der Waals surface area contributed by atoms with Crippen LogP contribution in [0.15, 0.2) is 72.2 Å². The molecule has 1 aromatic carbocycles. The number of aldehydes is 1. The highest BCUT2D eigenvalue weighted by molar-refractivity contribution is 6.01. The van der Waals surface area contributed by atoms with Gasteiger partial charge in [-0.1, -0.05) is 30.4 Å². The number of amides is 3. The highest BCUT2D eigenvalue weighted by Crippen LogP contribution is 2.26. The Morgan fingerprint density at radius 1 is 1.13 bits per heavy atom. The molecule has 204 valence electrons. The number of ether oxygens (including phenoxy) is 2. The molecule has 1 atom stereocenters. The molecule has 0 saturated heterocycles. The summed E-state index contributed by atoms with van der Waals surface area (Å²) >= 11 is 0. The minimum absolute atomic E-state index is 0.157. The van der Waals surface area contributed by atoms with E-state index in [0.29, 0.717) is 47.8 Å². The zero-order valence-electron chi connectivity index (χ0n) is 22.4. The summed E-state index contributed by atoms with van der Waals surface area (Å²) in [6.07, 6.45) is 9.43. The van der Waals surface area contributed by atoms with Crippen molar-refractivity contribution in [1.29, 1.82) is 0 Å². The van der Waals surface area contributed by atoms with Gasteiger partial charge >= 0.3 is 0 Å². The number of hydrogen-bond acceptors (Lipinski definition) is 7. The normalized spacial score (nSPS) is 14.4. The standard InChI is InChI=1S/C30H33N3O6/c1-4-39-28-18-22(10-8-15-27(28)38-3)25-13-9-14-26(32-25)29(36)31-19-23-11-7-12-24(21(23)2)30(37)33(20-35)16-5-6-17-34/h7-15,17-18,20,22H,4-6,16,19H2,1-3H3,(H,31,36). The first-order valence-electron chi connectivity index (χ1n) is 12.7. The molecule has 1 aliphatic rings. The number of nitrogens with zero attached hydrogens (tertiary/aromatic N) is 2. The summed E-state index contributed by atoms with van der Waals surface area (Å²) in [6, 6.07) is 10.4. The minimum atomic E-state index is -0.446. The average Bonchev–Trinajstić information content (AvgIpc) is 3.16. The molecule has 3 rings (SSSR count). The second kappa shape index (κ2) is 14.4. The summed E-state index contributed by atoms with van der Waals surface area (Å²) in [6.45, 7) is 4.47. The van der Waals surface area contributed by atoms with Crippen LogP contribution in [0, 0.1) is 6.92 Å². The number of unbranched alkanes of at least 4 members (excludes halogenated alkanes) is 1. The van der Waals surface area contributed by atoms with Crippen molar-refractivity contribution in [3.63, 3.8) is 0 Å². The third kappa shape index (κ3) is 7.50. The van der Waals surface area contributed by atoms with Crippen LogP contribution in [-0.4, -0.2) is 54.7 Å². The first kappa shape index (κ1) is 29.0. The number of pyridine rings is 1. The molecule has 39 heavy (non-hydrogen) atoms. The van der Waals surface area contributed by atoms with Crippen LogP contribution in [0.2, 0.25) is 0 Å². The molecule has 1 heterocycles. The van der Waals surface area contributed by atoms with Crippen molar-refractivity contribution in [3.8, 4) is 0 Å². The predicted molar refractivity (Wildman–Crippen MR) is 146 cm³/mol. The molecule has 0 saturated carbocycles. The zero-order valence-corrected chi connectivity index (χ0v) is 22.4. The van der Waals surface area contributed by atoms with E-state index in [0.717, 1.165) is 16.7 Å². The van der Waals surface area contributed by atoms with Gasteiger partial charge in [-0.25, -0.2) is 4.98 Å². The van der Waals surface area contributed by atoms with Crippen LogP contribution in [0.25, 0.3) is 0 Å². The van der Waals surface area contributed by atoms with Crippen molar-refractivity contribution < 1.29 is 28.7 Å². The van der Waals surface area contributed by atoms with Gasteiger partial charge in [-0.05, 0) is 61.7 Å². The fraction of sp³-hybridized carbons (Fsp3) is 0.300. The molecule has 1 aromatic heterocycles. The van der Waals surface area contributed by atoms with Crippen molar-refractivity contribution in [2.75, 3.05) is 20.3 Å². The average molecular weight is 532 g/mol. The van der Waals surface area contributed by atoms with Gasteiger partial charge in [0.05, 0.1) is 19.4 Å². The number of hydrogen-bond donors (Lipinski definition) is 1. The lowest BCUT2D eigenvalue weighted by Crippen LogP contribution is -2.31. The molecular weight excluding hydrogens is 498 g/mol. The maximum absolute atomic E-state index is 13.0. The molecule has 0 radical (unpaired) electrons. The molecule has 9 nitrogen and oxygen atoms in total. The van der Waals surface area contributed by atoms with Crippen LogP contribution < -0.4 is 5.32 Å². The van der Waals surface area contributed by atoms with Gasteiger partial charge in [-0.15, -0.1) is 0 Å². The van der Waals surface area contributed by atoms with Crippen molar-refractivity contribution >= 4 is 24.5 Å². The highest BCUT2D eigenvalue weighted by Gasteiger charge is 2.20. The minimum Gasteiger partial charge on any atom is -0.493 e. The molecule has 0 bridgehead atoms. The summed E-state index contributed by atoms with van der Waals surface area (Å²) < 4.78 is 11.1. The lowest BCUT2D eigenvalue weighted by atomic mass is 10.0. The van der Waals surface area contributed by atoms with Crippen molar-refractivity contribution in [2.45, 2.75) is 39.2 Å². The Kier molecular flexibility index (Phi) is 10.7. The van der Waals surface area contributed by atoms with Crippen LogP contribution in [0.3, 0.4) is 0 Å². The number of rotatable bonds is 13. The van der Waals surface area contributed by atoms with Crippen molar-refractivity contribution in [2.24, 2.45) is 0 Å². The van der Waals surface area contributed by atoms with Gasteiger partial charge in [0, 0.05) is 31.0 Å². The van der Waals surface area contributed by atoms with E-state index in [1.165, 1.54) is 0 Å². The third-order valence-corrected chi connectivity index (χ3v) is 6.23. The van der Waals surface area contributed by atoms with Crippen molar-refractivity contribution in [3.05, 3.63) is 100 Å². The molecule has 1 aliphatic carbocycles. The van der Waals surface area contributed by atoms with Crippen LogP contribution in [0.5, 0.6) is 0 Å². The molecule has 2 aromatic rings. The summed E-state index contributed by atoms with van der Waals surface area (Å²) in [4.78, 5) is 53.6. The molecule has 0 spiro atoms. The Morgan fingerprint density at radius 2 is 1.92 bits per heavy atom. The Bertz CT molecular complexity index is 1300. The molecule has 0 aliphatic heterocycles. The zero-order chi connectivity index (χ0) is 28.2. The summed E-state index contributed by atoms with van der Waals surface area (Å²) in [5, 5.41) is 2.87. The van der Waals surface area contributed by atoms with E-state index < -0.39 is 5.91 Å². The molecule has 1 unspecified atom stereocenters. The van der Waals surface area contributed by atoms with Crippen LogP contribution in [0.4, 0.5) is 0 Å². The largest absolute Gasteiger partial charge is 0.493 e.